The van der Waals surface area contributed by atoms with E-state index in [0.29, 0.717) is 18.5 Å². The number of carbonyl (C=O) groups excluding carboxylic acids is 2. The number of carbonyl (C=O) groups is 2. The highest BCUT2D eigenvalue weighted by Crippen LogP contribution is 2.22. The molecule has 9 heteroatoms. The normalized spacial score (nSPS) is 19.5. The molecule has 4 N–H and O–H groups in total. The van der Waals surface area contributed by atoms with Crippen LogP contribution in [0.3, 0.4) is 0 Å². The van der Waals surface area contributed by atoms with Crippen LogP contribution >= 0.6 is 0 Å². The van der Waals surface area contributed by atoms with E-state index in [4.69, 9.17) is 5.21 Å². The first-order valence-corrected chi connectivity index (χ1v) is 8.68. The number of hydrogen-bond donors (Lipinski definition) is 4. The molecule has 1 aromatic rings. The van der Waals surface area contributed by atoms with Crippen molar-refractivity contribution < 1.29 is 33.2 Å². The second-order valence-corrected chi connectivity index (χ2v) is 7.48. The first-order valence-electron chi connectivity index (χ1n) is 8.68. The van der Waals surface area contributed by atoms with Gasteiger partial charge in [-0.25, -0.2) is 14.3 Å². The number of likely N-dealkylation sites (N-methyl/N-ethyl adjacent to an activating group) is 1. The first-order chi connectivity index (χ1) is 13.5. The summed E-state index contributed by atoms with van der Waals surface area (Å²) < 4.78 is 26.9. The molecule has 1 heterocycles. The molecule has 0 spiro atoms. The lowest BCUT2D eigenvalue weighted by Crippen LogP contribution is -2.61. The summed E-state index contributed by atoms with van der Waals surface area (Å²) in [5.41, 5.74) is -1.09. The molecule has 0 aromatic heterocycles. The fraction of sp³-hybridized carbons (Fsp3) is 0.400. The molecule has 1 aromatic carbocycles. The van der Waals surface area contributed by atoms with Gasteiger partial charge in [-0.2, -0.15) is 0 Å². The molecular formula is C20H22F2N3O4+. The molecule has 0 radical (unpaired) electrons. The van der Waals surface area contributed by atoms with E-state index in [1.807, 2.05) is 5.32 Å². The minimum absolute atomic E-state index is 0.0551. The number of halogens is 2. The van der Waals surface area contributed by atoms with Crippen LogP contribution in [0.15, 0.2) is 24.3 Å². The van der Waals surface area contributed by atoms with Gasteiger partial charge in [-0.15, -0.1) is 0 Å². The molecule has 3 atom stereocenters. The van der Waals surface area contributed by atoms with Crippen LogP contribution in [0.25, 0.3) is 0 Å². The van der Waals surface area contributed by atoms with Gasteiger partial charge in [0, 0.05) is 11.1 Å². The Balaban J connectivity index is 2.07. The highest BCUT2D eigenvalue weighted by Gasteiger charge is 2.46. The molecule has 2 amide bonds. The molecule has 2 rings (SSSR count). The molecule has 0 bridgehead atoms. The average molecular weight is 406 g/mol. The highest BCUT2D eigenvalue weighted by atomic mass is 19.3. The second kappa shape index (κ2) is 8.58. The monoisotopic (exact) mass is 406 g/mol. The third kappa shape index (κ3) is 5.52. The number of hydroxylamine groups is 1. The molecule has 154 valence electrons. The van der Waals surface area contributed by atoms with Gasteiger partial charge >= 0.3 is 0 Å². The van der Waals surface area contributed by atoms with E-state index in [1.54, 1.807) is 0 Å². The summed E-state index contributed by atoms with van der Waals surface area (Å²) in [5, 5.41) is 20.5. The van der Waals surface area contributed by atoms with Gasteiger partial charge in [-0.05, 0) is 49.0 Å². The zero-order valence-corrected chi connectivity index (χ0v) is 16.2. The third-order valence-corrected chi connectivity index (χ3v) is 4.68. The van der Waals surface area contributed by atoms with Crippen LogP contribution in [0.4, 0.5) is 8.78 Å². The number of nitrogens with one attached hydrogen (secondary N) is 2. The highest BCUT2D eigenvalue weighted by molar-refractivity contribution is 5.97. The average Bonchev–Trinajstić information content (AvgIpc) is 3.29. The summed E-state index contributed by atoms with van der Waals surface area (Å²) in [5.74, 6) is 9.14. The lowest BCUT2D eigenvalue weighted by Gasteiger charge is -2.30. The van der Waals surface area contributed by atoms with Gasteiger partial charge in [0.25, 0.3) is 18.2 Å². The topological polar surface area (TPSA) is 98.7 Å². The van der Waals surface area contributed by atoms with Crippen LogP contribution in [-0.2, 0) is 4.79 Å². The standard InChI is InChI=1S/C20H21F2N3O4/c1-20(28,19(21)22)16(18(27)24-29)23-17(26)14-10-8-13(9-11-14)6-4-5-7-15-12-25(15,2)3/h8-11,15-16,19,28H,12H2,1-3H3,(H2-,23,24,26,27,29)/p+1/t15?,16-,20?/m1/s1. The van der Waals surface area contributed by atoms with Crippen molar-refractivity contribution in [1.82, 2.24) is 10.8 Å². The Morgan fingerprint density at radius 3 is 2.31 bits per heavy atom. The predicted molar refractivity (Wildman–Crippen MR) is 99.7 cm³/mol. The molecule has 1 aliphatic rings. The van der Waals surface area contributed by atoms with Gasteiger partial charge in [-0.1, -0.05) is 5.92 Å². The van der Waals surface area contributed by atoms with E-state index >= 15 is 0 Å². The van der Waals surface area contributed by atoms with Crippen molar-refractivity contribution in [2.75, 3.05) is 20.6 Å². The Morgan fingerprint density at radius 2 is 1.83 bits per heavy atom. The molecule has 2 unspecified atom stereocenters. The Bertz CT molecular complexity index is 906. The lowest BCUT2D eigenvalue weighted by molar-refractivity contribution is -0.763. The number of amides is 2. The molecule has 29 heavy (non-hydrogen) atoms. The molecule has 0 saturated carbocycles. The van der Waals surface area contributed by atoms with Crippen LogP contribution in [0, 0.1) is 23.7 Å². The molecule has 1 aliphatic heterocycles. The van der Waals surface area contributed by atoms with E-state index in [9.17, 15) is 23.5 Å². The Kier molecular flexibility index (Phi) is 6.60. The summed E-state index contributed by atoms with van der Waals surface area (Å²) in [4.78, 5) is 23.9. The van der Waals surface area contributed by atoms with Gasteiger partial charge in [0.05, 0.1) is 14.1 Å². The van der Waals surface area contributed by atoms with E-state index in [2.05, 4.69) is 37.8 Å². The fourth-order valence-electron chi connectivity index (χ4n) is 2.43. The number of alkyl halides is 2. The van der Waals surface area contributed by atoms with Crippen molar-refractivity contribution in [3.05, 3.63) is 35.4 Å². The van der Waals surface area contributed by atoms with Crippen LogP contribution in [0.1, 0.15) is 22.8 Å². The number of aliphatic hydroxyl groups is 1. The van der Waals surface area contributed by atoms with Crippen LogP contribution in [0.5, 0.6) is 0 Å². The maximum absolute atomic E-state index is 13.0. The SMILES string of the molecule is CC(O)(C(F)F)[C@H](NC(=O)c1ccc(C#CC#CC2C[N+]2(C)C)cc1)C(=O)NO. The Labute approximate surface area is 167 Å². The van der Waals surface area contributed by atoms with Gasteiger partial charge in [-0.3, -0.25) is 14.8 Å². The fourth-order valence-corrected chi connectivity index (χ4v) is 2.43. The van der Waals surface area contributed by atoms with Crippen molar-refractivity contribution in [3.63, 3.8) is 0 Å². The summed E-state index contributed by atoms with van der Waals surface area (Å²) in [6, 6.07) is 4.07. The second-order valence-electron chi connectivity index (χ2n) is 7.48. The van der Waals surface area contributed by atoms with Gasteiger partial charge in [0.1, 0.15) is 12.6 Å². The van der Waals surface area contributed by atoms with Crippen LogP contribution in [0.2, 0.25) is 0 Å². The van der Waals surface area contributed by atoms with E-state index in [1.165, 1.54) is 24.3 Å². The smallest absolute Gasteiger partial charge is 0.269 e. The minimum atomic E-state index is -3.34. The summed E-state index contributed by atoms with van der Waals surface area (Å²) in [6.45, 7) is 1.67. The lowest BCUT2D eigenvalue weighted by atomic mass is 9.95. The summed E-state index contributed by atoms with van der Waals surface area (Å²) in [6.07, 6.45) is -3.34. The van der Waals surface area contributed by atoms with Crippen LogP contribution in [-0.4, -0.2) is 71.4 Å². The van der Waals surface area contributed by atoms with Gasteiger partial charge in [0.15, 0.2) is 5.60 Å². The predicted octanol–water partition coefficient (Wildman–Crippen LogP) is 0.120. The molecule has 7 nitrogen and oxygen atoms in total. The minimum Gasteiger partial charge on any atom is -0.381 e. The largest absolute Gasteiger partial charge is 0.381 e. The summed E-state index contributed by atoms with van der Waals surface area (Å²) in [7, 11) is 4.15. The summed E-state index contributed by atoms with van der Waals surface area (Å²) >= 11 is 0. The molecule has 1 fully saturated rings. The van der Waals surface area contributed by atoms with Crippen LogP contribution < -0.4 is 10.8 Å². The third-order valence-electron chi connectivity index (χ3n) is 4.68. The van der Waals surface area contributed by atoms with E-state index in [0.717, 1.165) is 16.5 Å². The maximum atomic E-state index is 13.0. The maximum Gasteiger partial charge on any atom is 0.269 e. The first kappa shape index (κ1) is 22.3. The number of benzene rings is 1. The number of hydrogen-bond acceptors (Lipinski definition) is 4. The van der Waals surface area contributed by atoms with Crippen molar-refractivity contribution >= 4 is 11.8 Å². The van der Waals surface area contributed by atoms with Gasteiger partial charge in [0.2, 0.25) is 6.04 Å². The zero-order valence-electron chi connectivity index (χ0n) is 16.2. The Morgan fingerprint density at radius 1 is 1.24 bits per heavy atom. The van der Waals surface area contributed by atoms with Gasteiger partial charge < -0.3 is 14.9 Å². The Hall–Kier alpha value is -2.98. The van der Waals surface area contributed by atoms with Crippen molar-refractivity contribution in [2.24, 2.45) is 0 Å². The molecular weight excluding hydrogens is 384 g/mol. The van der Waals surface area contributed by atoms with E-state index in [-0.39, 0.29) is 5.56 Å². The zero-order chi connectivity index (χ0) is 21.8. The number of rotatable bonds is 5. The molecule has 1 saturated heterocycles. The quantitative estimate of drug-likeness (QED) is 0.184. The van der Waals surface area contributed by atoms with E-state index < -0.39 is 29.9 Å². The molecule has 0 aliphatic carbocycles. The number of quaternary nitrogens is 1. The number of nitrogens with zero attached hydrogens (tertiary/aromatic N) is 1. The van der Waals surface area contributed by atoms with Crippen molar-refractivity contribution in [1.29, 1.82) is 0 Å². The van der Waals surface area contributed by atoms with Crippen molar-refractivity contribution in [2.45, 2.75) is 31.0 Å². The van der Waals surface area contributed by atoms with Crippen molar-refractivity contribution in [3.8, 4) is 23.7 Å².